The van der Waals surface area contributed by atoms with Crippen molar-refractivity contribution in [3.63, 3.8) is 0 Å². The molecule has 4 rings (SSSR count). The van der Waals surface area contributed by atoms with Gasteiger partial charge in [0.15, 0.2) is 11.9 Å². The zero-order valence-electron chi connectivity index (χ0n) is 19.1. The van der Waals surface area contributed by atoms with E-state index in [0.717, 1.165) is 0 Å². The molecule has 0 aromatic carbocycles. The Balaban J connectivity index is 1.59. The Morgan fingerprint density at radius 1 is 1.37 bits per heavy atom. The Kier molecular flexibility index (Phi) is 7.15. The summed E-state index contributed by atoms with van der Waals surface area (Å²) in [6, 6.07) is 1.76. The largest absolute Gasteiger partial charge is 0.483 e. The van der Waals surface area contributed by atoms with Crippen LogP contribution in [-0.4, -0.2) is 87.4 Å². The molecule has 0 amide bonds. The minimum Gasteiger partial charge on any atom is -0.483 e. The quantitative estimate of drug-likeness (QED) is 0.224. The summed E-state index contributed by atoms with van der Waals surface area (Å²) in [6.45, 7) is 3.23. The first-order chi connectivity index (χ1) is 16.7. The normalized spacial score (nSPS) is 36.1. The molecule has 0 radical (unpaired) electrons. The van der Waals surface area contributed by atoms with Crippen molar-refractivity contribution in [2.45, 2.75) is 49.1 Å². The number of fused-ring (bicyclic) bond motifs is 1. The molecule has 8 unspecified atom stereocenters. The van der Waals surface area contributed by atoms with E-state index in [4.69, 9.17) is 18.9 Å². The molecule has 3 aliphatic rings. The number of esters is 1. The van der Waals surface area contributed by atoms with Gasteiger partial charge in [-0.25, -0.2) is 4.79 Å². The Morgan fingerprint density at radius 2 is 2.14 bits per heavy atom. The lowest BCUT2D eigenvalue weighted by Crippen LogP contribution is -2.68. The molecule has 8 atom stereocenters. The summed E-state index contributed by atoms with van der Waals surface area (Å²) in [5, 5.41) is 42.8. The highest BCUT2D eigenvalue weighted by Gasteiger charge is 2.57. The second-order valence-electron chi connectivity index (χ2n) is 8.77. The van der Waals surface area contributed by atoms with Gasteiger partial charge in [0.05, 0.1) is 31.6 Å². The van der Waals surface area contributed by atoms with Gasteiger partial charge in [0.25, 0.3) is 0 Å². The van der Waals surface area contributed by atoms with Gasteiger partial charge in [-0.05, 0) is 18.6 Å². The average Bonchev–Trinajstić information content (AvgIpc) is 3.31. The van der Waals surface area contributed by atoms with Crippen LogP contribution in [-0.2, 0) is 28.5 Å². The van der Waals surface area contributed by atoms with Crippen molar-refractivity contribution in [2.75, 3.05) is 13.7 Å². The number of aromatic nitrogens is 1. The third kappa shape index (κ3) is 4.41. The molecule has 35 heavy (non-hydrogen) atoms. The first-order valence-corrected chi connectivity index (χ1v) is 11.2. The number of carboxylic acid groups (broad SMARTS) is 1. The summed E-state index contributed by atoms with van der Waals surface area (Å²) in [5.41, 5.74) is -1.35. The number of rotatable bonds is 7. The van der Waals surface area contributed by atoms with Crippen molar-refractivity contribution in [3.05, 3.63) is 47.1 Å². The van der Waals surface area contributed by atoms with E-state index in [0.29, 0.717) is 10.6 Å². The number of aliphatic hydroxyl groups is 3. The number of aromatic amines is 1. The standard InChI is InChI=1S/C24H29NO10/c1-3-13-15(8-19(27)28)14(22(31)32-2)4-5-17(13)34-23-20(29)21(30)24(18(10-26)35-23)9-12-6-7-25-16(12)11-33-24/h3-4,6-7,9,11,13,15,17-18,20-21,23,25-26,29-30H,1,5,8,10H2,2H3,(H,27,28). The molecular formula is C24H29NO10. The van der Waals surface area contributed by atoms with Crippen LogP contribution in [0.4, 0.5) is 0 Å². The number of carboxylic acids is 1. The fourth-order valence-corrected chi connectivity index (χ4v) is 5.08. The van der Waals surface area contributed by atoms with Crippen molar-refractivity contribution in [3.8, 4) is 0 Å². The van der Waals surface area contributed by atoms with Crippen LogP contribution in [0.15, 0.2) is 36.6 Å². The van der Waals surface area contributed by atoms with Crippen LogP contribution in [0.5, 0.6) is 0 Å². The van der Waals surface area contributed by atoms with E-state index in [1.807, 2.05) is 0 Å². The first-order valence-electron chi connectivity index (χ1n) is 11.2. The van der Waals surface area contributed by atoms with E-state index < -0.39 is 66.7 Å². The summed E-state index contributed by atoms with van der Waals surface area (Å²) in [4.78, 5) is 26.7. The summed E-state index contributed by atoms with van der Waals surface area (Å²) in [6.07, 6.45) is 1.22. The van der Waals surface area contributed by atoms with Gasteiger partial charge in [0.2, 0.25) is 0 Å². The first kappa shape index (κ1) is 25.1. The van der Waals surface area contributed by atoms with Gasteiger partial charge in [-0.1, -0.05) is 12.2 Å². The lowest BCUT2D eigenvalue weighted by Gasteiger charge is -2.50. The smallest absolute Gasteiger partial charge is 0.333 e. The van der Waals surface area contributed by atoms with Crippen molar-refractivity contribution >= 4 is 24.3 Å². The van der Waals surface area contributed by atoms with Gasteiger partial charge in [-0.2, -0.15) is 0 Å². The summed E-state index contributed by atoms with van der Waals surface area (Å²) in [5.74, 6) is -3.17. The van der Waals surface area contributed by atoms with Crippen molar-refractivity contribution < 1.29 is 49.0 Å². The Hall–Kier alpha value is -2.96. The van der Waals surface area contributed by atoms with Crippen LogP contribution < -0.4 is 10.6 Å². The molecule has 1 saturated heterocycles. The van der Waals surface area contributed by atoms with E-state index in [2.05, 4.69) is 11.6 Å². The van der Waals surface area contributed by atoms with Crippen LogP contribution in [0.3, 0.4) is 0 Å². The molecule has 1 aromatic rings. The zero-order chi connectivity index (χ0) is 25.3. The third-order valence-corrected chi connectivity index (χ3v) is 6.87. The molecule has 11 nitrogen and oxygen atoms in total. The number of hydrogen-bond donors (Lipinski definition) is 5. The number of carbonyl (C=O) groups excluding carboxylic acids is 1. The second-order valence-corrected chi connectivity index (χ2v) is 8.77. The number of H-pyrrole nitrogens is 1. The Morgan fingerprint density at radius 3 is 2.80 bits per heavy atom. The number of aliphatic hydroxyl groups excluding tert-OH is 3. The van der Waals surface area contributed by atoms with E-state index >= 15 is 0 Å². The molecule has 0 saturated carbocycles. The van der Waals surface area contributed by atoms with Crippen LogP contribution in [0, 0.1) is 11.8 Å². The van der Waals surface area contributed by atoms with Crippen LogP contribution >= 0.6 is 0 Å². The van der Waals surface area contributed by atoms with Gasteiger partial charge >= 0.3 is 11.9 Å². The van der Waals surface area contributed by atoms with E-state index in [1.165, 1.54) is 19.4 Å². The van der Waals surface area contributed by atoms with E-state index in [9.17, 15) is 30.0 Å². The lowest BCUT2D eigenvalue weighted by atomic mass is 9.74. The molecule has 1 aliphatic carbocycles. The van der Waals surface area contributed by atoms with Gasteiger partial charge in [0.1, 0.15) is 24.6 Å². The van der Waals surface area contributed by atoms with Crippen LogP contribution in [0.25, 0.3) is 12.3 Å². The molecule has 11 heteroatoms. The fourth-order valence-electron chi connectivity index (χ4n) is 5.08. The molecule has 3 heterocycles. The average molecular weight is 491 g/mol. The number of nitrogens with one attached hydrogen (secondary N) is 1. The topological polar surface area (TPSA) is 168 Å². The maximum absolute atomic E-state index is 12.2. The molecule has 1 aromatic heterocycles. The van der Waals surface area contributed by atoms with Gasteiger partial charge in [-0.3, -0.25) is 4.79 Å². The minimum atomic E-state index is -1.57. The van der Waals surface area contributed by atoms with E-state index in [1.54, 1.807) is 24.4 Å². The second kappa shape index (κ2) is 9.96. The highest BCUT2D eigenvalue weighted by molar-refractivity contribution is 5.90. The Labute approximate surface area is 200 Å². The Bertz CT molecular complexity index is 1120. The molecule has 2 aliphatic heterocycles. The SMILES string of the molecule is C=CC1C(OC2OC(CO)C3(C=c4cc[nH]c4=CO3)C(O)C2O)CC=C(C(=O)OC)C1CC(=O)O. The number of aliphatic carboxylic acids is 1. The summed E-state index contributed by atoms with van der Waals surface area (Å²) < 4.78 is 22.5. The molecule has 1 spiro atoms. The predicted octanol–water partition coefficient (Wildman–Crippen LogP) is -1.48. The third-order valence-electron chi connectivity index (χ3n) is 6.87. The molecular weight excluding hydrogens is 462 g/mol. The minimum absolute atomic E-state index is 0.179. The number of ether oxygens (including phenoxy) is 4. The van der Waals surface area contributed by atoms with Gasteiger partial charge in [-0.15, -0.1) is 6.58 Å². The monoisotopic (exact) mass is 491 g/mol. The molecule has 190 valence electrons. The van der Waals surface area contributed by atoms with Gasteiger partial charge < -0.3 is 44.4 Å². The van der Waals surface area contributed by atoms with E-state index in [-0.39, 0.29) is 18.4 Å². The number of hydrogen-bond acceptors (Lipinski definition) is 9. The fraction of sp³-hybridized carbons (Fsp3) is 0.500. The van der Waals surface area contributed by atoms with Crippen molar-refractivity contribution in [1.82, 2.24) is 4.98 Å². The number of carbonyl (C=O) groups is 2. The highest BCUT2D eigenvalue weighted by atomic mass is 16.7. The zero-order valence-corrected chi connectivity index (χ0v) is 19.1. The maximum Gasteiger partial charge on any atom is 0.333 e. The summed E-state index contributed by atoms with van der Waals surface area (Å²) in [7, 11) is 1.21. The van der Waals surface area contributed by atoms with Crippen molar-refractivity contribution in [2.24, 2.45) is 11.8 Å². The predicted molar refractivity (Wildman–Crippen MR) is 120 cm³/mol. The lowest BCUT2D eigenvalue weighted by molar-refractivity contribution is -0.326. The van der Waals surface area contributed by atoms with Crippen LogP contribution in [0.2, 0.25) is 0 Å². The maximum atomic E-state index is 12.2. The summed E-state index contributed by atoms with van der Waals surface area (Å²) >= 11 is 0. The van der Waals surface area contributed by atoms with Crippen LogP contribution in [0.1, 0.15) is 12.8 Å². The molecule has 0 bridgehead atoms. The number of methoxy groups -OCH3 is 1. The highest BCUT2D eigenvalue weighted by Crippen LogP contribution is 2.40. The van der Waals surface area contributed by atoms with Crippen molar-refractivity contribution in [1.29, 1.82) is 0 Å². The molecule has 1 fully saturated rings. The molecule has 5 N–H and O–H groups in total. The van der Waals surface area contributed by atoms with Gasteiger partial charge in [0, 0.05) is 28.8 Å².